The molecule has 0 unspecified atom stereocenters. The highest BCUT2D eigenvalue weighted by molar-refractivity contribution is 8.01. The second-order valence-electron chi connectivity index (χ2n) is 3.31. The Kier molecular flexibility index (Phi) is 3.30. The van der Waals surface area contributed by atoms with Gasteiger partial charge < -0.3 is 5.73 Å². The van der Waals surface area contributed by atoms with E-state index in [-0.39, 0.29) is 11.4 Å². The number of hydrogen-bond donors (Lipinski definition) is 1. The molecule has 88 valence electrons. The highest BCUT2D eigenvalue weighted by atomic mass is 32.2. The quantitative estimate of drug-likeness (QED) is 0.525. The Hall–Kier alpha value is -1.60. The summed E-state index contributed by atoms with van der Waals surface area (Å²) in [7, 11) is 0. The van der Waals surface area contributed by atoms with Crippen molar-refractivity contribution in [3.63, 3.8) is 0 Å². The first-order valence-electron chi connectivity index (χ1n) is 4.71. The fourth-order valence-electron chi connectivity index (χ4n) is 1.29. The van der Waals surface area contributed by atoms with Gasteiger partial charge in [0, 0.05) is 11.1 Å². The zero-order valence-electron chi connectivity index (χ0n) is 8.91. The molecule has 17 heavy (non-hydrogen) atoms. The van der Waals surface area contributed by atoms with Crippen LogP contribution in [0.15, 0.2) is 32.8 Å². The minimum absolute atomic E-state index is 0.0506. The normalized spacial score (nSPS) is 10.4. The molecule has 2 rings (SSSR count). The highest BCUT2D eigenvalue weighted by Crippen LogP contribution is 2.38. The molecule has 0 amide bonds. The number of anilines is 1. The number of benzene rings is 1. The van der Waals surface area contributed by atoms with Crippen LogP contribution >= 0.6 is 23.1 Å². The van der Waals surface area contributed by atoms with Gasteiger partial charge in [-0.25, -0.2) is 4.98 Å². The summed E-state index contributed by atoms with van der Waals surface area (Å²) in [4.78, 5) is 15.2. The van der Waals surface area contributed by atoms with Crippen LogP contribution in [0.3, 0.4) is 0 Å². The van der Waals surface area contributed by atoms with Crippen molar-refractivity contribution < 1.29 is 4.92 Å². The number of aryl methyl sites for hydroxylation is 1. The Morgan fingerprint density at radius 1 is 1.53 bits per heavy atom. The summed E-state index contributed by atoms with van der Waals surface area (Å²) in [6.45, 7) is 1.88. The Bertz CT molecular complexity index is 568. The fraction of sp³-hybridized carbons (Fsp3) is 0.100. The molecule has 2 aromatic rings. The second-order valence-corrected chi connectivity index (χ2v) is 5.46. The van der Waals surface area contributed by atoms with Crippen LogP contribution in [-0.4, -0.2) is 9.91 Å². The lowest BCUT2D eigenvalue weighted by Crippen LogP contribution is -1.97. The molecule has 0 bridgehead atoms. The number of aromatic nitrogens is 1. The molecular formula is C10H9N3O2S2. The standard InChI is InChI=1S/C10H9N3O2S2/c1-6-5-16-10(12-6)17-8-4-2-3-7(11)9(8)13(14)15/h2-5H,11H2,1H3. The first-order chi connectivity index (χ1) is 8.08. The summed E-state index contributed by atoms with van der Waals surface area (Å²) >= 11 is 2.72. The van der Waals surface area contributed by atoms with Crippen molar-refractivity contribution in [2.75, 3.05) is 5.73 Å². The fourth-order valence-corrected chi connectivity index (χ4v) is 3.23. The average molecular weight is 267 g/mol. The van der Waals surface area contributed by atoms with Gasteiger partial charge in [0.05, 0.1) is 9.82 Å². The second kappa shape index (κ2) is 4.72. The van der Waals surface area contributed by atoms with Crippen LogP contribution in [-0.2, 0) is 0 Å². The molecule has 2 N–H and O–H groups in total. The molecule has 0 fully saturated rings. The smallest absolute Gasteiger partial charge is 0.305 e. The van der Waals surface area contributed by atoms with Gasteiger partial charge in [-0.3, -0.25) is 10.1 Å². The maximum atomic E-state index is 10.9. The number of nitrogens with two attached hydrogens (primary N) is 1. The first kappa shape index (κ1) is 11.9. The number of nitrogen functional groups attached to an aromatic ring is 1. The number of hydrogen-bond acceptors (Lipinski definition) is 6. The predicted molar refractivity (Wildman–Crippen MR) is 68.5 cm³/mol. The van der Waals surface area contributed by atoms with Crippen molar-refractivity contribution in [1.82, 2.24) is 4.98 Å². The van der Waals surface area contributed by atoms with E-state index in [1.807, 2.05) is 12.3 Å². The van der Waals surface area contributed by atoms with E-state index in [2.05, 4.69) is 4.98 Å². The Labute approximate surface area is 106 Å². The molecule has 0 aliphatic heterocycles. The molecule has 7 heteroatoms. The Balaban J connectivity index is 2.39. The van der Waals surface area contributed by atoms with E-state index < -0.39 is 4.92 Å². The van der Waals surface area contributed by atoms with Crippen LogP contribution < -0.4 is 5.73 Å². The molecule has 1 aromatic heterocycles. The van der Waals surface area contributed by atoms with Gasteiger partial charge >= 0.3 is 5.69 Å². The predicted octanol–water partition coefficient (Wildman–Crippen LogP) is 3.09. The monoisotopic (exact) mass is 267 g/mol. The largest absolute Gasteiger partial charge is 0.393 e. The van der Waals surface area contributed by atoms with Crippen molar-refractivity contribution >= 4 is 34.5 Å². The van der Waals surface area contributed by atoms with Gasteiger partial charge in [-0.05, 0) is 19.1 Å². The van der Waals surface area contributed by atoms with Gasteiger partial charge in [0.2, 0.25) is 0 Å². The molecule has 0 saturated heterocycles. The van der Waals surface area contributed by atoms with Crippen LogP contribution in [0.4, 0.5) is 11.4 Å². The van der Waals surface area contributed by atoms with Crippen molar-refractivity contribution in [3.05, 3.63) is 39.4 Å². The van der Waals surface area contributed by atoms with E-state index >= 15 is 0 Å². The first-order valence-corrected chi connectivity index (χ1v) is 6.40. The number of para-hydroxylation sites is 1. The van der Waals surface area contributed by atoms with Gasteiger partial charge in [0.25, 0.3) is 0 Å². The SMILES string of the molecule is Cc1csc(Sc2cccc(N)c2[N+](=O)[O-])n1. The zero-order chi connectivity index (χ0) is 12.4. The summed E-state index contributed by atoms with van der Waals surface area (Å²) in [6, 6.07) is 4.90. The van der Waals surface area contributed by atoms with Gasteiger partial charge in [0.15, 0.2) is 4.34 Å². The van der Waals surface area contributed by atoms with E-state index in [0.717, 1.165) is 10.0 Å². The summed E-state index contributed by atoms with van der Waals surface area (Å²) in [5, 5.41) is 12.8. The summed E-state index contributed by atoms with van der Waals surface area (Å²) in [5.41, 5.74) is 6.64. The van der Waals surface area contributed by atoms with E-state index in [1.165, 1.54) is 29.2 Å². The summed E-state index contributed by atoms with van der Waals surface area (Å²) in [5.74, 6) is 0. The molecule has 1 heterocycles. The van der Waals surface area contributed by atoms with E-state index in [1.54, 1.807) is 12.1 Å². The Morgan fingerprint density at radius 3 is 2.88 bits per heavy atom. The molecule has 0 atom stereocenters. The molecule has 0 saturated carbocycles. The lowest BCUT2D eigenvalue weighted by atomic mass is 10.3. The third-order valence-corrected chi connectivity index (χ3v) is 4.11. The van der Waals surface area contributed by atoms with Gasteiger partial charge in [-0.2, -0.15) is 0 Å². The summed E-state index contributed by atoms with van der Waals surface area (Å²) < 4.78 is 0.774. The van der Waals surface area contributed by atoms with Crippen LogP contribution in [0.2, 0.25) is 0 Å². The van der Waals surface area contributed by atoms with Crippen LogP contribution in [0.25, 0.3) is 0 Å². The van der Waals surface area contributed by atoms with Gasteiger partial charge in [-0.1, -0.05) is 17.8 Å². The highest BCUT2D eigenvalue weighted by Gasteiger charge is 2.19. The molecule has 0 aliphatic rings. The summed E-state index contributed by atoms with van der Waals surface area (Å²) in [6.07, 6.45) is 0. The van der Waals surface area contributed by atoms with Crippen molar-refractivity contribution in [2.24, 2.45) is 0 Å². The third-order valence-electron chi connectivity index (χ3n) is 2.01. The topological polar surface area (TPSA) is 82.0 Å². The van der Waals surface area contributed by atoms with E-state index in [0.29, 0.717) is 4.90 Å². The molecule has 0 spiro atoms. The minimum Gasteiger partial charge on any atom is -0.393 e. The molecular weight excluding hydrogens is 258 g/mol. The molecule has 0 radical (unpaired) electrons. The van der Waals surface area contributed by atoms with E-state index in [4.69, 9.17) is 5.73 Å². The molecule has 1 aromatic carbocycles. The van der Waals surface area contributed by atoms with Gasteiger partial charge in [0.1, 0.15) is 5.69 Å². The minimum atomic E-state index is -0.460. The van der Waals surface area contributed by atoms with Crippen LogP contribution in [0.5, 0.6) is 0 Å². The van der Waals surface area contributed by atoms with Crippen molar-refractivity contribution in [2.45, 2.75) is 16.2 Å². The van der Waals surface area contributed by atoms with Crippen molar-refractivity contribution in [3.8, 4) is 0 Å². The number of nitro groups is 1. The maximum Gasteiger partial charge on any atom is 0.305 e. The van der Waals surface area contributed by atoms with E-state index in [9.17, 15) is 10.1 Å². The average Bonchev–Trinajstić information content (AvgIpc) is 2.63. The lowest BCUT2D eigenvalue weighted by molar-refractivity contribution is -0.386. The number of thiazole rings is 1. The zero-order valence-corrected chi connectivity index (χ0v) is 10.5. The molecule has 5 nitrogen and oxygen atoms in total. The Morgan fingerprint density at radius 2 is 2.29 bits per heavy atom. The third kappa shape index (κ3) is 2.56. The maximum absolute atomic E-state index is 10.9. The van der Waals surface area contributed by atoms with Crippen LogP contribution in [0.1, 0.15) is 5.69 Å². The lowest BCUT2D eigenvalue weighted by Gasteiger charge is -2.02. The number of nitro benzene ring substituents is 1. The molecule has 0 aliphatic carbocycles. The van der Waals surface area contributed by atoms with Crippen molar-refractivity contribution in [1.29, 1.82) is 0 Å². The number of rotatable bonds is 3. The number of nitrogens with zero attached hydrogens (tertiary/aromatic N) is 2. The van der Waals surface area contributed by atoms with Crippen LogP contribution in [0, 0.1) is 17.0 Å². The van der Waals surface area contributed by atoms with Gasteiger partial charge in [-0.15, -0.1) is 11.3 Å².